The summed E-state index contributed by atoms with van der Waals surface area (Å²) in [5.74, 6) is 0.819. The maximum atomic E-state index is 6.01. The Hall–Kier alpha value is -1.26. The Bertz CT molecular complexity index is 590. The molecule has 0 fully saturated rings. The van der Waals surface area contributed by atoms with Gasteiger partial charge in [0.1, 0.15) is 10.4 Å². The SMILES string of the molecule is COc1ccc(Cl)cc1CNc1ccc(Br)nc1C. The number of benzene rings is 1. The van der Waals surface area contributed by atoms with Crippen molar-refractivity contribution in [3.8, 4) is 5.75 Å². The molecule has 1 aromatic carbocycles. The summed E-state index contributed by atoms with van der Waals surface area (Å²) in [5, 5.41) is 4.03. The summed E-state index contributed by atoms with van der Waals surface area (Å²) < 4.78 is 6.15. The predicted molar refractivity (Wildman–Crippen MR) is 82.0 cm³/mol. The minimum Gasteiger partial charge on any atom is -0.496 e. The Morgan fingerprint density at radius 3 is 2.79 bits per heavy atom. The van der Waals surface area contributed by atoms with Crippen LogP contribution in [0.15, 0.2) is 34.9 Å². The number of rotatable bonds is 4. The second kappa shape index (κ2) is 6.26. The number of ether oxygens (including phenoxy) is 1. The molecule has 0 radical (unpaired) electrons. The third-order valence-electron chi connectivity index (χ3n) is 2.76. The van der Waals surface area contributed by atoms with E-state index in [0.29, 0.717) is 11.6 Å². The Morgan fingerprint density at radius 1 is 1.32 bits per heavy atom. The highest BCUT2D eigenvalue weighted by Crippen LogP contribution is 2.24. The summed E-state index contributed by atoms with van der Waals surface area (Å²) in [6.07, 6.45) is 0. The summed E-state index contributed by atoms with van der Waals surface area (Å²) in [7, 11) is 1.65. The van der Waals surface area contributed by atoms with Gasteiger partial charge in [-0.2, -0.15) is 0 Å². The lowest BCUT2D eigenvalue weighted by molar-refractivity contribution is 0.410. The number of nitrogens with zero attached hydrogens (tertiary/aromatic N) is 1. The zero-order chi connectivity index (χ0) is 13.8. The highest BCUT2D eigenvalue weighted by molar-refractivity contribution is 9.10. The van der Waals surface area contributed by atoms with Crippen LogP contribution in [0.1, 0.15) is 11.3 Å². The third kappa shape index (κ3) is 3.61. The minimum absolute atomic E-state index is 0.633. The fraction of sp³-hybridized carbons (Fsp3) is 0.214. The van der Waals surface area contributed by atoms with E-state index in [0.717, 1.165) is 27.3 Å². The lowest BCUT2D eigenvalue weighted by Crippen LogP contribution is -2.04. The number of halogens is 2. The Kier molecular flexibility index (Phi) is 4.66. The van der Waals surface area contributed by atoms with Gasteiger partial charge in [-0.05, 0) is 53.2 Å². The molecule has 5 heteroatoms. The lowest BCUT2D eigenvalue weighted by atomic mass is 10.2. The van der Waals surface area contributed by atoms with Gasteiger partial charge in [-0.1, -0.05) is 11.6 Å². The lowest BCUT2D eigenvalue weighted by Gasteiger charge is -2.12. The van der Waals surface area contributed by atoms with E-state index in [9.17, 15) is 0 Å². The number of aromatic nitrogens is 1. The van der Waals surface area contributed by atoms with E-state index in [1.165, 1.54) is 0 Å². The van der Waals surface area contributed by atoms with E-state index < -0.39 is 0 Å². The van der Waals surface area contributed by atoms with Crippen molar-refractivity contribution in [2.24, 2.45) is 0 Å². The van der Waals surface area contributed by atoms with Gasteiger partial charge in [0.15, 0.2) is 0 Å². The Morgan fingerprint density at radius 2 is 2.11 bits per heavy atom. The first-order chi connectivity index (χ1) is 9.10. The van der Waals surface area contributed by atoms with Crippen LogP contribution in [-0.4, -0.2) is 12.1 Å². The maximum Gasteiger partial charge on any atom is 0.123 e. The van der Waals surface area contributed by atoms with Crippen molar-refractivity contribution in [1.82, 2.24) is 4.98 Å². The van der Waals surface area contributed by atoms with Crippen LogP contribution >= 0.6 is 27.5 Å². The molecule has 0 aliphatic heterocycles. The average Bonchev–Trinajstić information content (AvgIpc) is 2.38. The molecule has 0 atom stereocenters. The Labute approximate surface area is 126 Å². The molecule has 1 aromatic heterocycles. The highest BCUT2D eigenvalue weighted by atomic mass is 79.9. The number of aryl methyl sites for hydroxylation is 1. The van der Waals surface area contributed by atoms with Gasteiger partial charge in [0.05, 0.1) is 18.5 Å². The van der Waals surface area contributed by atoms with Crippen molar-refractivity contribution >= 4 is 33.2 Å². The van der Waals surface area contributed by atoms with Crippen molar-refractivity contribution in [3.63, 3.8) is 0 Å². The van der Waals surface area contributed by atoms with Crippen LogP contribution in [0.3, 0.4) is 0 Å². The van der Waals surface area contributed by atoms with E-state index in [1.807, 2.05) is 37.3 Å². The largest absolute Gasteiger partial charge is 0.496 e. The molecule has 0 saturated carbocycles. The summed E-state index contributed by atoms with van der Waals surface area (Å²) in [6.45, 7) is 2.59. The zero-order valence-corrected chi connectivity index (χ0v) is 13.0. The smallest absolute Gasteiger partial charge is 0.123 e. The molecular formula is C14H14BrClN2O. The van der Waals surface area contributed by atoms with Crippen molar-refractivity contribution in [3.05, 3.63) is 51.2 Å². The fourth-order valence-corrected chi connectivity index (χ4v) is 2.39. The van der Waals surface area contributed by atoms with E-state index in [2.05, 4.69) is 26.2 Å². The van der Waals surface area contributed by atoms with E-state index in [4.69, 9.17) is 16.3 Å². The van der Waals surface area contributed by atoms with Gasteiger partial charge in [-0.3, -0.25) is 0 Å². The monoisotopic (exact) mass is 340 g/mol. The van der Waals surface area contributed by atoms with Gasteiger partial charge in [-0.25, -0.2) is 4.98 Å². The van der Waals surface area contributed by atoms with E-state index >= 15 is 0 Å². The second-order valence-electron chi connectivity index (χ2n) is 4.08. The summed E-state index contributed by atoms with van der Waals surface area (Å²) in [6, 6.07) is 9.48. The highest BCUT2D eigenvalue weighted by Gasteiger charge is 2.05. The van der Waals surface area contributed by atoms with Gasteiger partial charge < -0.3 is 10.1 Å². The number of hydrogen-bond acceptors (Lipinski definition) is 3. The first-order valence-electron chi connectivity index (χ1n) is 5.79. The quantitative estimate of drug-likeness (QED) is 0.836. The summed E-state index contributed by atoms with van der Waals surface area (Å²) in [4.78, 5) is 4.34. The molecule has 3 nitrogen and oxygen atoms in total. The van der Waals surface area contributed by atoms with Crippen LogP contribution in [0.2, 0.25) is 5.02 Å². The maximum absolute atomic E-state index is 6.01. The molecule has 1 N–H and O–H groups in total. The summed E-state index contributed by atoms with van der Waals surface area (Å²) in [5.41, 5.74) is 2.94. The standard InChI is InChI=1S/C14H14BrClN2O/c1-9-12(4-6-14(15)18-9)17-8-10-7-11(16)3-5-13(10)19-2/h3-7,17H,8H2,1-2H3. The minimum atomic E-state index is 0.633. The normalized spacial score (nSPS) is 10.3. The molecule has 1 heterocycles. The van der Waals surface area contributed by atoms with Gasteiger partial charge in [0, 0.05) is 17.1 Å². The number of hydrogen-bond donors (Lipinski definition) is 1. The van der Waals surface area contributed by atoms with Crippen molar-refractivity contribution in [1.29, 1.82) is 0 Å². The van der Waals surface area contributed by atoms with Crippen LogP contribution in [0, 0.1) is 6.92 Å². The van der Waals surface area contributed by atoms with Crippen molar-refractivity contribution in [2.45, 2.75) is 13.5 Å². The molecule has 0 saturated heterocycles. The zero-order valence-electron chi connectivity index (χ0n) is 10.7. The molecule has 19 heavy (non-hydrogen) atoms. The number of methoxy groups -OCH3 is 1. The Balaban J connectivity index is 2.16. The topological polar surface area (TPSA) is 34.1 Å². The molecule has 0 amide bonds. The van der Waals surface area contributed by atoms with E-state index in [-0.39, 0.29) is 0 Å². The molecule has 2 rings (SSSR count). The van der Waals surface area contributed by atoms with Crippen LogP contribution in [0.4, 0.5) is 5.69 Å². The number of pyridine rings is 1. The van der Waals surface area contributed by atoms with Crippen molar-refractivity contribution < 1.29 is 4.74 Å². The first-order valence-corrected chi connectivity index (χ1v) is 6.96. The number of anilines is 1. The van der Waals surface area contributed by atoms with Crippen LogP contribution in [0.25, 0.3) is 0 Å². The van der Waals surface area contributed by atoms with Gasteiger partial charge >= 0.3 is 0 Å². The molecule has 0 bridgehead atoms. The second-order valence-corrected chi connectivity index (χ2v) is 5.33. The van der Waals surface area contributed by atoms with Crippen LogP contribution in [-0.2, 0) is 6.54 Å². The van der Waals surface area contributed by atoms with Gasteiger partial charge in [0.2, 0.25) is 0 Å². The molecule has 100 valence electrons. The molecule has 0 aliphatic rings. The molecule has 0 aliphatic carbocycles. The molecule has 0 spiro atoms. The van der Waals surface area contributed by atoms with Gasteiger partial charge in [0.25, 0.3) is 0 Å². The van der Waals surface area contributed by atoms with Crippen LogP contribution in [0.5, 0.6) is 5.75 Å². The van der Waals surface area contributed by atoms with E-state index in [1.54, 1.807) is 7.11 Å². The third-order valence-corrected chi connectivity index (χ3v) is 3.44. The average molecular weight is 342 g/mol. The van der Waals surface area contributed by atoms with Crippen molar-refractivity contribution in [2.75, 3.05) is 12.4 Å². The number of nitrogens with one attached hydrogen (secondary N) is 1. The summed E-state index contributed by atoms with van der Waals surface area (Å²) >= 11 is 9.35. The molecular weight excluding hydrogens is 328 g/mol. The fourth-order valence-electron chi connectivity index (χ4n) is 1.79. The van der Waals surface area contributed by atoms with Crippen LogP contribution < -0.4 is 10.1 Å². The van der Waals surface area contributed by atoms with Gasteiger partial charge in [-0.15, -0.1) is 0 Å². The first kappa shape index (κ1) is 14.2. The molecule has 0 unspecified atom stereocenters. The predicted octanol–water partition coefficient (Wildman–Crippen LogP) is 4.43. The molecule has 2 aromatic rings.